The summed E-state index contributed by atoms with van der Waals surface area (Å²) in [5.74, 6) is 0.850. The lowest BCUT2D eigenvalue weighted by molar-refractivity contribution is 0.144. The number of hydrogen-bond acceptors (Lipinski definition) is 5. The second-order valence-corrected chi connectivity index (χ2v) is 9.59. The van der Waals surface area contributed by atoms with Gasteiger partial charge in [0.1, 0.15) is 5.82 Å². The van der Waals surface area contributed by atoms with E-state index in [1.807, 2.05) is 23.6 Å². The van der Waals surface area contributed by atoms with Crippen molar-refractivity contribution in [3.8, 4) is 0 Å². The van der Waals surface area contributed by atoms with Crippen LogP contribution in [0.1, 0.15) is 24.7 Å². The Morgan fingerprint density at radius 2 is 1.83 bits per heavy atom. The molecule has 7 nitrogen and oxygen atoms in total. The van der Waals surface area contributed by atoms with Gasteiger partial charge < -0.3 is 4.57 Å². The monoisotopic (exact) mass is 435 g/mol. The molecule has 0 unspecified atom stereocenters. The van der Waals surface area contributed by atoms with Crippen LogP contribution < -0.4 is 0 Å². The molecule has 0 amide bonds. The third kappa shape index (κ3) is 4.85. The molecule has 0 aliphatic carbocycles. The van der Waals surface area contributed by atoms with Crippen LogP contribution in [0.2, 0.25) is 0 Å². The number of sulfonamides is 1. The van der Waals surface area contributed by atoms with E-state index < -0.39 is 10.0 Å². The molecule has 1 saturated heterocycles. The van der Waals surface area contributed by atoms with Crippen LogP contribution in [-0.2, 0) is 29.7 Å². The van der Waals surface area contributed by atoms with Gasteiger partial charge in [-0.1, -0.05) is 31.6 Å². The molecule has 0 spiro atoms. The molecule has 3 rings (SSSR count). The smallest absolute Gasteiger partial charge is 0.243 e. The van der Waals surface area contributed by atoms with Crippen molar-refractivity contribution in [2.45, 2.75) is 44.8 Å². The van der Waals surface area contributed by atoms with Crippen molar-refractivity contribution >= 4 is 22.2 Å². The summed E-state index contributed by atoms with van der Waals surface area (Å²) >= 11 is 5.50. The molecule has 0 saturated carbocycles. The van der Waals surface area contributed by atoms with Crippen molar-refractivity contribution < 1.29 is 8.42 Å². The molecule has 2 heterocycles. The van der Waals surface area contributed by atoms with Gasteiger partial charge in [0.05, 0.1) is 11.6 Å². The van der Waals surface area contributed by atoms with Gasteiger partial charge in [0, 0.05) is 32.7 Å². The molecule has 29 heavy (non-hydrogen) atoms. The van der Waals surface area contributed by atoms with Crippen molar-refractivity contribution in [1.29, 1.82) is 0 Å². The van der Waals surface area contributed by atoms with E-state index in [1.54, 1.807) is 27.2 Å². The van der Waals surface area contributed by atoms with E-state index in [0.29, 0.717) is 49.1 Å². The first-order valence-electron chi connectivity index (χ1n) is 9.93. The van der Waals surface area contributed by atoms with Crippen molar-refractivity contribution in [2.75, 3.05) is 26.2 Å². The first kappa shape index (κ1) is 21.9. The summed E-state index contributed by atoms with van der Waals surface area (Å²) in [5.41, 5.74) is 1.17. The summed E-state index contributed by atoms with van der Waals surface area (Å²) in [6.45, 7) is 11.2. The van der Waals surface area contributed by atoms with Crippen molar-refractivity contribution in [3.05, 3.63) is 53.1 Å². The lowest BCUT2D eigenvalue weighted by Crippen LogP contribution is -2.48. The predicted molar refractivity (Wildman–Crippen MR) is 117 cm³/mol. The van der Waals surface area contributed by atoms with Crippen molar-refractivity contribution in [1.82, 2.24) is 23.6 Å². The highest BCUT2D eigenvalue weighted by Crippen LogP contribution is 2.19. The Morgan fingerprint density at radius 1 is 1.17 bits per heavy atom. The SMILES string of the molecule is C=CCn1c(C)nn(CN2CCN(S(=O)(=O)c3ccc(CCC)cc3)CC2)c1=S. The Kier molecular flexibility index (Phi) is 7.05. The Hall–Kier alpha value is -1.81. The maximum absolute atomic E-state index is 13.0. The highest BCUT2D eigenvalue weighted by Gasteiger charge is 2.28. The number of benzene rings is 1. The molecule has 158 valence electrons. The Labute approximate surface area is 178 Å². The Bertz CT molecular complexity index is 1000. The third-order valence-corrected chi connectivity index (χ3v) is 7.53. The van der Waals surface area contributed by atoms with Crippen LogP contribution in [0.4, 0.5) is 0 Å². The second-order valence-electron chi connectivity index (χ2n) is 7.29. The molecule has 9 heteroatoms. The highest BCUT2D eigenvalue weighted by molar-refractivity contribution is 7.89. The van der Waals surface area contributed by atoms with Crippen molar-refractivity contribution in [2.24, 2.45) is 0 Å². The minimum Gasteiger partial charge on any atom is -0.300 e. The maximum Gasteiger partial charge on any atom is 0.243 e. The minimum atomic E-state index is -3.46. The van der Waals surface area contributed by atoms with Gasteiger partial charge in [-0.2, -0.15) is 9.40 Å². The predicted octanol–water partition coefficient (Wildman–Crippen LogP) is 2.83. The third-order valence-electron chi connectivity index (χ3n) is 5.18. The van der Waals surface area contributed by atoms with Gasteiger partial charge in [0.2, 0.25) is 10.0 Å². The van der Waals surface area contributed by atoms with Crippen LogP contribution in [0.5, 0.6) is 0 Å². The molecule has 0 bridgehead atoms. The zero-order valence-corrected chi connectivity index (χ0v) is 18.8. The zero-order valence-electron chi connectivity index (χ0n) is 17.1. The molecule has 0 N–H and O–H groups in total. The number of aryl methyl sites for hydroxylation is 2. The summed E-state index contributed by atoms with van der Waals surface area (Å²) < 4.78 is 31.9. The lowest BCUT2D eigenvalue weighted by atomic mass is 10.1. The first-order chi connectivity index (χ1) is 13.9. The van der Waals surface area contributed by atoms with Gasteiger partial charge in [-0.25, -0.2) is 13.1 Å². The average molecular weight is 436 g/mol. The molecule has 1 aromatic carbocycles. The van der Waals surface area contributed by atoms with E-state index in [0.717, 1.165) is 18.7 Å². The Morgan fingerprint density at radius 3 is 2.41 bits per heavy atom. The van der Waals surface area contributed by atoms with Crippen LogP contribution >= 0.6 is 12.2 Å². The van der Waals surface area contributed by atoms with Gasteiger partial charge in [-0.05, 0) is 43.3 Å². The largest absolute Gasteiger partial charge is 0.300 e. The summed E-state index contributed by atoms with van der Waals surface area (Å²) in [5, 5.41) is 4.52. The van der Waals surface area contributed by atoms with Crippen LogP contribution in [-0.4, -0.2) is 58.1 Å². The molecular formula is C20H29N5O2S2. The summed E-state index contributed by atoms with van der Waals surface area (Å²) in [7, 11) is -3.46. The number of allylic oxidation sites excluding steroid dienone is 1. The van der Waals surface area contributed by atoms with Crippen molar-refractivity contribution in [3.63, 3.8) is 0 Å². The van der Waals surface area contributed by atoms with Crippen LogP contribution in [0.25, 0.3) is 0 Å². The first-order valence-corrected chi connectivity index (χ1v) is 11.8. The fourth-order valence-corrected chi connectivity index (χ4v) is 5.27. The quantitative estimate of drug-likeness (QED) is 0.471. The molecule has 2 aromatic rings. The maximum atomic E-state index is 13.0. The molecule has 1 aromatic heterocycles. The van der Waals surface area contributed by atoms with Gasteiger partial charge >= 0.3 is 0 Å². The number of nitrogens with zero attached hydrogens (tertiary/aromatic N) is 5. The van der Waals surface area contributed by atoms with E-state index in [9.17, 15) is 8.42 Å². The molecular weight excluding hydrogens is 406 g/mol. The second kappa shape index (κ2) is 9.34. The van der Waals surface area contributed by atoms with E-state index in [4.69, 9.17) is 12.2 Å². The number of aromatic nitrogens is 3. The topological polar surface area (TPSA) is 63.4 Å². The van der Waals surface area contributed by atoms with E-state index >= 15 is 0 Å². The fourth-order valence-electron chi connectivity index (χ4n) is 3.55. The van der Waals surface area contributed by atoms with Crippen LogP contribution in [0, 0.1) is 11.7 Å². The number of rotatable bonds is 8. The standard InChI is InChI=1S/C20H29N5O2S2/c1-4-6-18-7-9-19(10-8-18)29(26,27)23-14-12-22(13-15-23)16-25-20(28)24(11-5-2)17(3)21-25/h5,7-10H,2,4,6,11-16H2,1,3H3. The summed E-state index contributed by atoms with van der Waals surface area (Å²) in [6, 6.07) is 7.27. The highest BCUT2D eigenvalue weighted by atomic mass is 32.2. The van der Waals surface area contributed by atoms with Crippen LogP contribution in [0.15, 0.2) is 41.8 Å². The molecule has 1 aliphatic rings. The van der Waals surface area contributed by atoms with E-state index in [2.05, 4.69) is 23.5 Å². The molecule has 1 fully saturated rings. The van der Waals surface area contributed by atoms with E-state index in [1.165, 1.54) is 5.56 Å². The number of hydrogen-bond donors (Lipinski definition) is 0. The molecule has 0 radical (unpaired) electrons. The average Bonchev–Trinajstić information content (AvgIpc) is 2.97. The molecule has 1 aliphatic heterocycles. The summed E-state index contributed by atoms with van der Waals surface area (Å²) in [6.07, 6.45) is 3.81. The minimum absolute atomic E-state index is 0.367. The number of piperazine rings is 1. The van der Waals surface area contributed by atoms with Gasteiger partial charge in [-0.15, -0.1) is 6.58 Å². The lowest BCUT2D eigenvalue weighted by Gasteiger charge is -2.33. The summed E-state index contributed by atoms with van der Waals surface area (Å²) in [4.78, 5) is 2.54. The van der Waals surface area contributed by atoms with E-state index in [-0.39, 0.29) is 0 Å². The van der Waals surface area contributed by atoms with Gasteiger partial charge in [-0.3, -0.25) is 4.90 Å². The fraction of sp³-hybridized carbons (Fsp3) is 0.500. The zero-order chi connectivity index (χ0) is 21.0. The normalized spacial score (nSPS) is 16.2. The van der Waals surface area contributed by atoms with Crippen LogP contribution in [0.3, 0.4) is 0 Å². The molecule has 0 atom stereocenters. The van der Waals surface area contributed by atoms with Gasteiger partial charge in [0.25, 0.3) is 0 Å². The Balaban J connectivity index is 1.63. The van der Waals surface area contributed by atoms with Gasteiger partial charge in [0.15, 0.2) is 4.77 Å².